The fourth-order valence-electron chi connectivity index (χ4n) is 8.81. The van der Waals surface area contributed by atoms with Gasteiger partial charge < -0.3 is 25.6 Å². The molecule has 0 amide bonds. The third kappa shape index (κ3) is 7.19. The number of hydrogen-bond donors (Lipinski definition) is 3. The molecule has 5 fully saturated rings. The van der Waals surface area contributed by atoms with Crippen molar-refractivity contribution in [2.45, 2.75) is 82.8 Å². The van der Waals surface area contributed by atoms with E-state index < -0.39 is 12.2 Å². The van der Waals surface area contributed by atoms with Gasteiger partial charge in [0, 0.05) is 30.7 Å². The Morgan fingerprint density at radius 3 is 2.42 bits per heavy atom. The van der Waals surface area contributed by atoms with Crippen LogP contribution in [-0.2, 0) is 6.54 Å². The normalized spacial score (nSPS) is 31.8. The van der Waals surface area contributed by atoms with Gasteiger partial charge in [-0.3, -0.25) is 0 Å². The van der Waals surface area contributed by atoms with Crippen molar-refractivity contribution in [3.8, 4) is 5.75 Å². The zero-order valence-corrected chi connectivity index (χ0v) is 25.1. The van der Waals surface area contributed by atoms with Crippen molar-refractivity contribution in [2.75, 3.05) is 37.8 Å². The lowest BCUT2D eigenvalue weighted by Gasteiger charge is -2.60. The van der Waals surface area contributed by atoms with Gasteiger partial charge in [0.05, 0.1) is 6.20 Å². The van der Waals surface area contributed by atoms with Gasteiger partial charge in [-0.25, -0.2) is 9.37 Å². The van der Waals surface area contributed by atoms with Crippen LogP contribution in [0.5, 0.6) is 5.75 Å². The number of anilines is 2. The van der Waals surface area contributed by atoms with Crippen LogP contribution in [0.25, 0.3) is 0 Å². The van der Waals surface area contributed by atoms with Crippen LogP contribution in [-0.4, -0.2) is 60.5 Å². The molecule has 1 heterocycles. The Labute approximate surface area is 251 Å². The topological polar surface area (TPSA) is 74.3 Å². The average Bonchev–Trinajstić information content (AvgIpc) is 2.95. The summed E-state index contributed by atoms with van der Waals surface area (Å²) in [5, 5.41) is 10.3. The minimum absolute atomic E-state index is 0.00220. The van der Waals surface area contributed by atoms with E-state index >= 15 is 0 Å². The second-order valence-electron chi connectivity index (χ2n) is 13.8. The number of aromatic nitrogens is 2. The van der Waals surface area contributed by atoms with E-state index in [1.54, 1.807) is 6.07 Å². The molecule has 0 spiro atoms. The standard InChI is InChI=1S/C32H44F4N6O/c1-42(2)25-9-7-20(8-10-25)16-37-28-23-11-21-12-24(28)15-31(13-21,14-23)19-40-29-26(33)18-39-30(41-29)38-17-22-5-3-4-6-27(22)43-32(34,35)36/h3-6,18,20-21,23-25,28,37H,7-17,19H2,1-2H3,(H2,38,39,40,41)/t20?,21?,23-,24+,25?,28?,31?. The van der Waals surface area contributed by atoms with Crippen LogP contribution in [0.4, 0.5) is 29.3 Å². The molecule has 7 nitrogen and oxygen atoms in total. The summed E-state index contributed by atoms with van der Waals surface area (Å²) < 4.78 is 57.3. The lowest BCUT2D eigenvalue weighted by molar-refractivity contribution is -0.274. The summed E-state index contributed by atoms with van der Waals surface area (Å²) in [6.45, 7) is 1.79. The van der Waals surface area contributed by atoms with Crippen molar-refractivity contribution in [3.05, 3.63) is 41.8 Å². The Morgan fingerprint density at radius 1 is 1.00 bits per heavy atom. The predicted octanol–water partition coefficient (Wildman–Crippen LogP) is 6.44. The highest BCUT2D eigenvalue weighted by Crippen LogP contribution is 2.60. The van der Waals surface area contributed by atoms with Crippen molar-refractivity contribution in [2.24, 2.45) is 29.1 Å². The molecule has 7 rings (SSSR count). The number of para-hydroxylation sites is 1. The quantitative estimate of drug-likeness (QED) is 0.255. The van der Waals surface area contributed by atoms with Gasteiger partial charge in [0.15, 0.2) is 11.6 Å². The predicted molar refractivity (Wildman–Crippen MR) is 158 cm³/mol. The lowest BCUT2D eigenvalue weighted by atomic mass is 9.48. The van der Waals surface area contributed by atoms with Crippen molar-refractivity contribution in [1.82, 2.24) is 20.2 Å². The number of alkyl halides is 3. The van der Waals surface area contributed by atoms with Crippen LogP contribution in [0.2, 0.25) is 0 Å². The number of rotatable bonds is 11. The van der Waals surface area contributed by atoms with Crippen molar-refractivity contribution >= 4 is 11.8 Å². The molecule has 0 aliphatic heterocycles. The van der Waals surface area contributed by atoms with Crippen LogP contribution in [0.15, 0.2) is 30.5 Å². The first-order valence-electron chi connectivity index (χ1n) is 15.8. The molecular formula is C32H44F4N6O. The van der Waals surface area contributed by atoms with E-state index in [9.17, 15) is 17.6 Å². The van der Waals surface area contributed by atoms with Crippen molar-refractivity contribution in [3.63, 3.8) is 0 Å². The summed E-state index contributed by atoms with van der Waals surface area (Å²) in [5.74, 6) is 2.26. The van der Waals surface area contributed by atoms with Gasteiger partial charge in [-0.1, -0.05) is 18.2 Å². The minimum atomic E-state index is -4.79. The summed E-state index contributed by atoms with van der Waals surface area (Å²) in [5.41, 5.74) is 0.428. The van der Waals surface area contributed by atoms with E-state index in [4.69, 9.17) is 0 Å². The fraction of sp³-hybridized carbons (Fsp3) is 0.688. The summed E-state index contributed by atoms with van der Waals surface area (Å²) in [6, 6.07) is 7.20. The summed E-state index contributed by atoms with van der Waals surface area (Å²) in [7, 11) is 4.39. The van der Waals surface area contributed by atoms with Crippen molar-refractivity contribution < 1.29 is 22.3 Å². The molecule has 5 atom stereocenters. The van der Waals surface area contributed by atoms with E-state index in [0.29, 0.717) is 30.0 Å². The lowest BCUT2D eigenvalue weighted by Crippen LogP contribution is -2.60. The molecule has 0 saturated heterocycles. The molecule has 43 heavy (non-hydrogen) atoms. The number of nitrogens with zero attached hydrogens (tertiary/aromatic N) is 3. The third-order valence-corrected chi connectivity index (χ3v) is 10.6. The molecule has 5 aliphatic rings. The Balaban J connectivity index is 1.04. The Morgan fingerprint density at radius 2 is 1.72 bits per heavy atom. The first-order valence-corrected chi connectivity index (χ1v) is 15.8. The monoisotopic (exact) mass is 604 g/mol. The van der Waals surface area contributed by atoms with E-state index in [-0.39, 0.29) is 29.5 Å². The Hall–Kier alpha value is -2.66. The maximum Gasteiger partial charge on any atom is 0.573 e. The average molecular weight is 605 g/mol. The largest absolute Gasteiger partial charge is 0.573 e. The molecule has 3 unspecified atom stereocenters. The number of ether oxygens (including phenoxy) is 1. The van der Waals surface area contributed by atoms with Crippen LogP contribution < -0.4 is 20.7 Å². The SMILES string of the molecule is CN(C)C1CCC(CNC2[C@@H]3CC4C[C@H]2CC(CNc2nc(NCc5ccccc5OC(F)(F)F)ncc2F)(C4)C3)CC1. The molecule has 1 aromatic carbocycles. The minimum Gasteiger partial charge on any atom is -0.405 e. The second-order valence-corrected chi connectivity index (χ2v) is 13.8. The molecule has 5 saturated carbocycles. The highest BCUT2D eigenvalue weighted by atomic mass is 19.4. The first-order chi connectivity index (χ1) is 20.6. The van der Waals surface area contributed by atoms with Gasteiger partial charge in [-0.05, 0) is 114 Å². The van der Waals surface area contributed by atoms with Gasteiger partial charge >= 0.3 is 6.36 Å². The zero-order valence-electron chi connectivity index (χ0n) is 25.1. The molecule has 4 bridgehead atoms. The number of nitrogens with one attached hydrogen (secondary N) is 3. The zero-order chi connectivity index (χ0) is 30.2. The number of halogens is 4. The maximum atomic E-state index is 14.8. The molecule has 1 aromatic heterocycles. The molecular weight excluding hydrogens is 560 g/mol. The molecule has 236 valence electrons. The Bertz CT molecular complexity index is 1230. The summed E-state index contributed by atoms with van der Waals surface area (Å²) in [6.07, 6.45) is 7.55. The number of hydrogen-bond acceptors (Lipinski definition) is 7. The van der Waals surface area contributed by atoms with Crippen LogP contribution >= 0.6 is 0 Å². The second kappa shape index (κ2) is 12.4. The number of benzene rings is 1. The summed E-state index contributed by atoms with van der Waals surface area (Å²) in [4.78, 5) is 10.7. The van der Waals surface area contributed by atoms with Crippen LogP contribution in [0, 0.1) is 34.9 Å². The van der Waals surface area contributed by atoms with E-state index in [1.807, 2.05) is 0 Å². The van der Waals surface area contributed by atoms with Crippen LogP contribution in [0.3, 0.4) is 0 Å². The van der Waals surface area contributed by atoms with Gasteiger partial charge in [0.1, 0.15) is 5.75 Å². The third-order valence-electron chi connectivity index (χ3n) is 10.6. The Kier molecular flexibility index (Phi) is 8.75. The summed E-state index contributed by atoms with van der Waals surface area (Å²) >= 11 is 0. The highest BCUT2D eigenvalue weighted by molar-refractivity contribution is 5.43. The van der Waals surface area contributed by atoms with Crippen molar-refractivity contribution in [1.29, 1.82) is 0 Å². The highest BCUT2D eigenvalue weighted by Gasteiger charge is 2.55. The van der Waals surface area contributed by atoms with Gasteiger partial charge in [-0.2, -0.15) is 4.98 Å². The van der Waals surface area contributed by atoms with Crippen LogP contribution in [0.1, 0.15) is 63.4 Å². The first kappa shape index (κ1) is 30.4. The molecule has 3 N–H and O–H groups in total. The molecule has 0 radical (unpaired) electrons. The molecule has 11 heteroatoms. The maximum absolute atomic E-state index is 14.8. The van der Waals surface area contributed by atoms with Gasteiger partial charge in [0.25, 0.3) is 0 Å². The van der Waals surface area contributed by atoms with E-state index in [1.165, 1.54) is 63.1 Å². The fourth-order valence-corrected chi connectivity index (χ4v) is 8.81. The molecule has 2 aromatic rings. The van der Waals surface area contributed by atoms with E-state index in [0.717, 1.165) is 43.5 Å². The molecule has 5 aliphatic carbocycles. The van der Waals surface area contributed by atoms with E-state index in [2.05, 4.69) is 49.7 Å². The smallest absolute Gasteiger partial charge is 0.405 e. The van der Waals surface area contributed by atoms with Gasteiger partial charge in [0.2, 0.25) is 5.95 Å². The van der Waals surface area contributed by atoms with Gasteiger partial charge in [-0.15, -0.1) is 13.2 Å².